The number of hydrogen-bond donors (Lipinski definition) is 1. The molecule has 0 amide bonds. The van der Waals surface area contributed by atoms with E-state index < -0.39 is 0 Å². The van der Waals surface area contributed by atoms with Gasteiger partial charge in [0.25, 0.3) is 0 Å². The molecule has 2 aromatic carbocycles. The Kier molecular flexibility index (Phi) is 2.97. The van der Waals surface area contributed by atoms with E-state index in [2.05, 4.69) is 0 Å². The van der Waals surface area contributed by atoms with Crippen LogP contribution >= 0.6 is 0 Å². The number of benzene rings is 2. The molecule has 0 aliphatic carbocycles. The van der Waals surface area contributed by atoms with Gasteiger partial charge in [-0.1, -0.05) is 18.2 Å². The zero-order valence-corrected chi connectivity index (χ0v) is 8.58. The third kappa shape index (κ3) is 2.09. The van der Waals surface area contributed by atoms with Crippen molar-refractivity contribution in [1.82, 2.24) is 0 Å². The van der Waals surface area contributed by atoms with E-state index in [9.17, 15) is 8.78 Å². The first-order valence-corrected chi connectivity index (χ1v) is 4.95. The van der Waals surface area contributed by atoms with Gasteiger partial charge in [0, 0.05) is 6.54 Å². The van der Waals surface area contributed by atoms with Crippen LogP contribution in [0.3, 0.4) is 0 Å². The third-order valence-corrected chi connectivity index (χ3v) is 2.42. The Morgan fingerprint density at radius 2 is 1.69 bits per heavy atom. The lowest BCUT2D eigenvalue weighted by Gasteiger charge is -2.08. The largest absolute Gasteiger partial charge is 0.326 e. The van der Waals surface area contributed by atoms with Crippen LogP contribution in [0.25, 0.3) is 11.1 Å². The van der Waals surface area contributed by atoms with Gasteiger partial charge in [0.1, 0.15) is 11.6 Å². The predicted octanol–water partition coefficient (Wildman–Crippen LogP) is 3.09. The van der Waals surface area contributed by atoms with E-state index in [0.29, 0.717) is 11.1 Å². The summed E-state index contributed by atoms with van der Waals surface area (Å²) in [5.41, 5.74) is 7.68. The van der Waals surface area contributed by atoms with Crippen LogP contribution in [-0.2, 0) is 6.54 Å². The first kappa shape index (κ1) is 10.8. The third-order valence-electron chi connectivity index (χ3n) is 2.42. The van der Waals surface area contributed by atoms with Crippen molar-refractivity contribution in [2.45, 2.75) is 6.54 Å². The number of halogens is 2. The minimum atomic E-state index is -0.333. The first-order valence-electron chi connectivity index (χ1n) is 4.95. The van der Waals surface area contributed by atoms with Crippen LogP contribution in [0, 0.1) is 11.6 Å². The Morgan fingerprint density at radius 1 is 0.938 bits per heavy atom. The van der Waals surface area contributed by atoms with Crippen LogP contribution in [-0.4, -0.2) is 0 Å². The summed E-state index contributed by atoms with van der Waals surface area (Å²) in [6.45, 7) is 0.226. The summed E-state index contributed by atoms with van der Waals surface area (Å²) in [5.74, 6) is -0.648. The molecule has 0 bridgehead atoms. The summed E-state index contributed by atoms with van der Waals surface area (Å²) in [7, 11) is 0. The summed E-state index contributed by atoms with van der Waals surface area (Å²) in [5, 5.41) is 0. The fourth-order valence-corrected chi connectivity index (χ4v) is 1.67. The molecule has 0 fully saturated rings. The molecule has 2 N–H and O–H groups in total. The minimum absolute atomic E-state index is 0.226. The number of hydrogen-bond acceptors (Lipinski definition) is 1. The second-order valence-electron chi connectivity index (χ2n) is 3.52. The molecule has 2 rings (SSSR count). The van der Waals surface area contributed by atoms with Gasteiger partial charge in [-0.25, -0.2) is 8.78 Å². The van der Waals surface area contributed by atoms with E-state index in [1.54, 1.807) is 18.2 Å². The minimum Gasteiger partial charge on any atom is -0.326 e. The fraction of sp³-hybridized carbons (Fsp3) is 0.0769. The van der Waals surface area contributed by atoms with Crippen LogP contribution in [0.5, 0.6) is 0 Å². The van der Waals surface area contributed by atoms with Gasteiger partial charge in [-0.05, 0) is 41.0 Å². The van der Waals surface area contributed by atoms with Gasteiger partial charge in [0.05, 0.1) is 0 Å². The topological polar surface area (TPSA) is 26.0 Å². The molecule has 0 atom stereocenters. The molecule has 0 saturated carbocycles. The lowest BCUT2D eigenvalue weighted by Crippen LogP contribution is -1.99. The second kappa shape index (κ2) is 4.41. The van der Waals surface area contributed by atoms with Crippen molar-refractivity contribution in [2.24, 2.45) is 5.73 Å². The van der Waals surface area contributed by atoms with Crippen molar-refractivity contribution >= 4 is 0 Å². The highest BCUT2D eigenvalue weighted by atomic mass is 19.1. The van der Waals surface area contributed by atoms with Gasteiger partial charge in [0.2, 0.25) is 0 Å². The van der Waals surface area contributed by atoms with Crippen molar-refractivity contribution in [1.29, 1.82) is 0 Å². The van der Waals surface area contributed by atoms with Crippen LogP contribution in [0.1, 0.15) is 5.56 Å². The molecule has 2 aromatic rings. The molecule has 3 heteroatoms. The SMILES string of the molecule is NCc1cc(F)ccc1-c1cccc(F)c1. The monoisotopic (exact) mass is 219 g/mol. The smallest absolute Gasteiger partial charge is 0.123 e. The summed E-state index contributed by atoms with van der Waals surface area (Å²) in [4.78, 5) is 0. The molecule has 0 saturated heterocycles. The highest BCUT2D eigenvalue weighted by molar-refractivity contribution is 5.67. The highest BCUT2D eigenvalue weighted by Gasteiger charge is 2.05. The Hall–Kier alpha value is -1.74. The summed E-state index contributed by atoms with van der Waals surface area (Å²) in [6, 6.07) is 10.5. The first-order chi connectivity index (χ1) is 7.70. The molecule has 0 aliphatic heterocycles. The highest BCUT2D eigenvalue weighted by Crippen LogP contribution is 2.24. The molecule has 16 heavy (non-hydrogen) atoms. The fourth-order valence-electron chi connectivity index (χ4n) is 1.67. The Labute approximate surface area is 92.5 Å². The number of rotatable bonds is 2. The summed E-state index contributed by atoms with van der Waals surface area (Å²) in [6.07, 6.45) is 0. The lowest BCUT2D eigenvalue weighted by molar-refractivity contribution is 0.625. The molecule has 82 valence electrons. The van der Waals surface area contributed by atoms with Gasteiger partial charge in [0.15, 0.2) is 0 Å². The molecule has 0 spiro atoms. The molecular formula is C13H11F2N. The molecule has 0 heterocycles. The lowest BCUT2D eigenvalue weighted by atomic mass is 9.99. The van der Waals surface area contributed by atoms with Crippen molar-refractivity contribution < 1.29 is 8.78 Å². The second-order valence-corrected chi connectivity index (χ2v) is 3.52. The maximum absolute atomic E-state index is 13.1. The Morgan fingerprint density at radius 3 is 2.38 bits per heavy atom. The van der Waals surface area contributed by atoms with Crippen LogP contribution in [0.2, 0.25) is 0 Å². The Balaban J connectivity index is 2.55. The maximum Gasteiger partial charge on any atom is 0.123 e. The maximum atomic E-state index is 13.1. The van der Waals surface area contributed by atoms with Crippen molar-refractivity contribution in [3.63, 3.8) is 0 Å². The standard InChI is InChI=1S/C13H11F2N/c14-11-3-1-2-9(6-11)13-5-4-12(15)7-10(13)8-16/h1-7H,8,16H2. The van der Waals surface area contributed by atoms with E-state index in [-0.39, 0.29) is 18.2 Å². The number of nitrogens with two attached hydrogens (primary N) is 1. The van der Waals surface area contributed by atoms with Crippen LogP contribution in [0.4, 0.5) is 8.78 Å². The van der Waals surface area contributed by atoms with Crippen molar-refractivity contribution in [3.05, 3.63) is 59.7 Å². The quantitative estimate of drug-likeness (QED) is 0.825. The van der Waals surface area contributed by atoms with Gasteiger partial charge < -0.3 is 5.73 Å². The van der Waals surface area contributed by atoms with Gasteiger partial charge in [-0.2, -0.15) is 0 Å². The summed E-state index contributed by atoms with van der Waals surface area (Å²) < 4.78 is 26.1. The van der Waals surface area contributed by atoms with Crippen molar-refractivity contribution in [2.75, 3.05) is 0 Å². The van der Waals surface area contributed by atoms with E-state index in [1.165, 1.54) is 24.3 Å². The molecule has 0 aliphatic rings. The average molecular weight is 219 g/mol. The molecule has 0 unspecified atom stereocenters. The van der Waals surface area contributed by atoms with Crippen LogP contribution in [0.15, 0.2) is 42.5 Å². The zero-order valence-electron chi connectivity index (χ0n) is 8.58. The Bertz CT molecular complexity index is 509. The summed E-state index contributed by atoms with van der Waals surface area (Å²) >= 11 is 0. The van der Waals surface area contributed by atoms with E-state index in [4.69, 9.17) is 5.73 Å². The van der Waals surface area contributed by atoms with E-state index in [0.717, 1.165) is 5.56 Å². The van der Waals surface area contributed by atoms with Gasteiger partial charge in [-0.15, -0.1) is 0 Å². The molecular weight excluding hydrogens is 208 g/mol. The predicted molar refractivity (Wildman–Crippen MR) is 59.7 cm³/mol. The van der Waals surface area contributed by atoms with E-state index >= 15 is 0 Å². The van der Waals surface area contributed by atoms with Crippen molar-refractivity contribution in [3.8, 4) is 11.1 Å². The normalized spacial score (nSPS) is 10.4. The average Bonchev–Trinajstić information content (AvgIpc) is 2.28. The molecule has 0 aromatic heterocycles. The zero-order chi connectivity index (χ0) is 11.5. The van der Waals surface area contributed by atoms with Crippen LogP contribution < -0.4 is 5.73 Å². The molecule has 0 radical (unpaired) electrons. The molecule has 1 nitrogen and oxygen atoms in total. The van der Waals surface area contributed by atoms with Gasteiger partial charge >= 0.3 is 0 Å². The van der Waals surface area contributed by atoms with Gasteiger partial charge in [-0.3, -0.25) is 0 Å². The van der Waals surface area contributed by atoms with E-state index in [1.807, 2.05) is 0 Å².